The van der Waals surface area contributed by atoms with E-state index in [9.17, 15) is 23.3 Å². The van der Waals surface area contributed by atoms with Crippen LogP contribution in [0.25, 0.3) is 11.0 Å². The number of anilines is 2. The van der Waals surface area contributed by atoms with E-state index in [4.69, 9.17) is 9.47 Å². The smallest absolute Gasteiger partial charge is 0.312 e. The summed E-state index contributed by atoms with van der Waals surface area (Å²) in [4.78, 5) is 41.7. The lowest BCUT2D eigenvalue weighted by molar-refractivity contribution is -0.384. The van der Waals surface area contributed by atoms with Crippen LogP contribution in [0.1, 0.15) is 112 Å². The molecule has 5 aliphatic rings. The average molecular weight is 903 g/mol. The van der Waals surface area contributed by atoms with Gasteiger partial charge in [0.15, 0.2) is 0 Å². The van der Waals surface area contributed by atoms with E-state index in [1.807, 2.05) is 12.1 Å². The lowest BCUT2D eigenvalue weighted by atomic mass is 9.59. The van der Waals surface area contributed by atoms with Crippen LogP contribution in [0.2, 0.25) is 0 Å². The van der Waals surface area contributed by atoms with Crippen molar-refractivity contribution in [1.29, 1.82) is 0 Å². The quantitative estimate of drug-likeness (QED) is 0.0753. The Balaban J connectivity index is 0.843. The molecular formula is C49H58N8O7S. The number of amides is 1. The molecule has 3 aliphatic carbocycles. The summed E-state index contributed by atoms with van der Waals surface area (Å²) in [6.45, 7) is 8.17. The Morgan fingerprint density at radius 1 is 0.954 bits per heavy atom. The van der Waals surface area contributed by atoms with Crippen molar-refractivity contribution in [1.82, 2.24) is 24.6 Å². The van der Waals surface area contributed by atoms with E-state index < -0.39 is 31.4 Å². The number of ether oxygens (including phenoxy) is 2. The Labute approximate surface area is 379 Å². The summed E-state index contributed by atoms with van der Waals surface area (Å²) in [5.74, 6) is 1.24. The molecule has 16 heteroatoms. The van der Waals surface area contributed by atoms with Crippen molar-refractivity contribution in [3.63, 3.8) is 0 Å². The van der Waals surface area contributed by atoms with Gasteiger partial charge in [0.05, 0.1) is 42.1 Å². The second-order valence-corrected chi connectivity index (χ2v) is 21.1. The van der Waals surface area contributed by atoms with Crippen molar-refractivity contribution in [2.45, 2.75) is 107 Å². The van der Waals surface area contributed by atoms with E-state index in [1.165, 1.54) is 24.0 Å². The molecule has 15 nitrogen and oxygen atoms in total. The first-order valence-electron chi connectivity index (χ1n) is 23.3. The van der Waals surface area contributed by atoms with Gasteiger partial charge >= 0.3 is 5.69 Å². The number of morpholine rings is 1. The lowest BCUT2D eigenvalue weighted by Gasteiger charge is -2.59. The van der Waals surface area contributed by atoms with Crippen LogP contribution in [0.15, 0.2) is 84.1 Å². The molecule has 3 aromatic heterocycles. The fourth-order valence-electron chi connectivity index (χ4n) is 11.0. The van der Waals surface area contributed by atoms with Gasteiger partial charge in [-0.05, 0) is 117 Å². The molecule has 1 unspecified atom stereocenters. The molecule has 10 rings (SSSR count). The number of carbonyl (C=O) groups is 1. The molecule has 0 bridgehead atoms. The number of hydrogen-bond donors (Lipinski definition) is 3. The van der Waals surface area contributed by atoms with Gasteiger partial charge in [0.25, 0.3) is 15.9 Å². The lowest BCUT2D eigenvalue weighted by Crippen LogP contribution is -2.60. The number of H-pyrrole nitrogens is 1. The van der Waals surface area contributed by atoms with E-state index in [1.54, 1.807) is 30.6 Å². The minimum atomic E-state index is -4.60. The first-order valence-corrected chi connectivity index (χ1v) is 24.8. The van der Waals surface area contributed by atoms with Crippen LogP contribution in [0.4, 0.5) is 17.2 Å². The number of sulfonamides is 1. The van der Waals surface area contributed by atoms with Gasteiger partial charge in [0.2, 0.25) is 5.82 Å². The second kappa shape index (κ2) is 17.7. The summed E-state index contributed by atoms with van der Waals surface area (Å²) in [6, 6.07) is 19.9. The zero-order valence-corrected chi connectivity index (χ0v) is 37.9. The predicted molar refractivity (Wildman–Crippen MR) is 248 cm³/mol. The molecule has 3 saturated carbocycles. The Kier molecular flexibility index (Phi) is 11.8. The van der Waals surface area contributed by atoms with Crippen molar-refractivity contribution in [2.24, 2.45) is 17.3 Å². The van der Waals surface area contributed by atoms with Crippen molar-refractivity contribution in [3.8, 4) is 11.5 Å². The Morgan fingerprint density at radius 3 is 2.48 bits per heavy atom. The van der Waals surface area contributed by atoms with Crippen molar-refractivity contribution in [2.75, 3.05) is 43.1 Å². The van der Waals surface area contributed by atoms with Gasteiger partial charge < -0.3 is 24.7 Å². The van der Waals surface area contributed by atoms with E-state index in [-0.39, 0.29) is 28.6 Å². The van der Waals surface area contributed by atoms with Crippen LogP contribution in [0.5, 0.6) is 11.5 Å². The number of carbonyl (C=O) groups excluding carboxylic acids is 1. The Bertz CT molecular complexity index is 2680. The summed E-state index contributed by atoms with van der Waals surface area (Å²) < 4.78 is 42.1. The third kappa shape index (κ3) is 9.04. The minimum Gasteiger partial charge on any atom is -0.455 e. The molecule has 3 N–H and O–H groups in total. The average Bonchev–Trinajstić information content (AvgIpc) is 4.04. The van der Waals surface area contributed by atoms with Crippen molar-refractivity contribution in [3.05, 3.63) is 106 Å². The fourth-order valence-corrected chi connectivity index (χ4v) is 12.0. The first-order chi connectivity index (χ1) is 31.4. The molecule has 2 aromatic carbocycles. The molecule has 2 saturated heterocycles. The molecule has 1 amide bonds. The number of pyridine rings is 2. The van der Waals surface area contributed by atoms with Gasteiger partial charge in [-0.25, -0.2) is 23.1 Å². The van der Waals surface area contributed by atoms with Gasteiger partial charge in [0, 0.05) is 61.1 Å². The van der Waals surface area contributed by atoms with E-state index >= 15 is 0 Å². The van der Waals surface area contributed by atoms with Crippen molar-refractivity contribution >= 4 is 44.2 Å². The third-order valence-corrected chi connectivity index (χ3v) is 16.2. The number of fused-ring (bicyclic) bond motifs is 1. The Morgan fingerprint density at radius 2 is 1.72 bits per heavy atom. The number of nitrogens with zero attached hydrogens (tertiary/aromatic N) is 5. The summed E-state index contributed by atoms with van der Waals surface area (Å²) in [6.07, 6.45) is 15.5. The maximum absolute atomic E-state index is 14.0. The molecule has 0 radical (unpaired) electrons. The number of piperidine rings is 1. The number of nitrogens with one attached hydrogen (secondary N) is 3. The summed E-state index contributed by atoms with van der Waals surface area (Å²) >= 11 is 0. The van der Waals surface area contributed by atoms with Gasteiger partial charge in [-0.1, -0.05) is 44.0 Å². The van der Waals surface area contributed by atoms with Crippen LogP contribution in [-0.2, 0) is 14.8 Å². The SMILES string of the molecule is CC1COC[C@@H](c2ccccc2C2CC2)N1C1CC2(CCN(c3ccc(C(=O)NS(=O)(=O)c4cnc(NC[C@H]5CC[C@@H](C)CC5)c([N+](=O)[O-])c4)c(Oc4cnc5[nH]ccc5c4)c3)CC2)C1. The van der Waals surface area contributed by atoms with Gasteiger partial charge in [-0.2, -0.15) is 0 Å². The van der Waals surface area contributed by atoms with E-state index in [0.29, 0.717) is 47.8 Å². The Hall–Kier alpha value is -5.58. The fraction of sp³-hybridized carbons (Fsp3) is 0.490. The highest BCUT2D eigenvalue weighted by molar-refractivity contribution is 7.90. The number of benzene rings is 2. The van der Waals surface area contributed by atoms with Gasteiger partial charge in [0.1, 0.15) is 22.0 Å². The van der Waals surface area contributed by atoms with Crippen LogP contribution in [0.3, 0.4) is 0 Å². The van der Waals surface area contributed by atoms with E-state index in [2.05, 4.69) is 72.9 Å². The van der Waals surface area contributed by atoms with Gasteiger partial charge in [-0.3, -0.25) is 19.8 Å². The third-order valence-electron chi connectivity index (χ3n) is 14.9. The van der Waals surface area contributed by atoms with Crippen molar-refractivity contribution < 1.29 is 27.6 Å². The largest absolute Gasteiger partial charge is 0.455 e. The summed E-state index contributed by atoms with van der Waals surface area (Å²) in [5, 5.41) is 16.0. The molecule has 342 valence electrons. The number of hydrogen-bond acceptors (Lipinski definition) is 12. The van der Waals surface area contributed by atoms with Gasteiger partial charge in [-0.15, -0.1) is 0 Å². The number of rotatable bonds is 13. The maximum Gasteiger partial charge on any atom is 0.312 e. The van der Waals surface area contributed by atoms with Crippen LogP contribution >= 0.6 is 0 Å². The monoisotopic (exact) mass is 902 g/mol. The molecule has 2 aliphatic heterocycles. The molecule has 5 heterocycles. The second-order valence-electron chi connectivity index (χ2n) is 19.4. The molecule has 1 spiro atoms. The standard InChI is InChI=1S/C49H58N8O7S/c1-31-7-9-33(10-8-31)26-51-47-43(57(59)60)23-39(28-53-47)65(61,62)54-48(58)42-14-13-36(22-45(42)64-38-21-35-15-18-50-46(35)52-27-38)55-19-16-49(17-20-55)24-37(25-49)56-32(2)29-63-30-44(56)41-6-4-3-5-40(41)34-11-12-34/h3-6,13-15,18,21-23,27-28,31-34,37,44H,7-12,16-17,19-20,24-26,29-30H2,1-2H3,(H,50,52)(H,51,53)(H,54,58)/t31-,32?,33+,44-/m0/s1. The van der Waals surface area contributed by atoms with Crippen LogP contribution < -0.4 is 19.7 Å². The van der Waals surface area contributed by atoms with E-state index in [0.717, 1.165) is 101 Å². The van der Waals surface area contributed by atoms with Crippen LogP contribution in [0, 0.1) is 27.4 Å². The highest BCUT2D eigenvalue weighted by Crippen LogP contribution is 2.54. The summed E-state index contributed by atoms with van der Waals surface area (Å²) in [7, 11) is -4.60. The maximum atomic E-state index is 14.0. The van der Waals surface area contributed by atoms with Crippen LogP contribution in [-0.4, -0.2) is 84.0 Å². The zero-order chi connectivity index (χ0) is 44.9. The molecule has 5 aromatic rings. The molecule has 2 atom stereocenters. The normalized spacial score (nSPS) is 23.8. The number of nitro groups is 1. The number of aromatic amines is 1. The minimum absolute atomic E-state index is 0.00966. The molecular weight excluding hydrogens is 845 g/mol. The molecule has 5 fully saturated rings. The topological polar surface area (TPSA) is 185 Å². The highest BCUT2D eigenvalue weighted by Gasteiger charge is 2.51. The predicted octanol–water partition coefficient (Wildman–Crippen LogP) is 9.10. The highest BCUT2D eigenvalue weighted by atomic mass is 32.2. The number of aromatic nitrogens is 3. The first kappa shape index (κ1) is 43.3. The summed E-state index contributed by atoms with van der Waals surface area (Å²) in [5.41, 5.74) is 4.21. The zero-order valence-electron chi connectivity index (χ0n) is 37.1. The molecule has 65 heavy (non-hydrogen) atoms.